The summed E-state index contributed by atoms with van der Waals surface area (Å²) < 4.78 is 14.8. The van der Waals surface area contributed by atoms with Crippen molar-refractivity contribution in [1.82, 2.24) is 5.32 Å². The van der Waals surface area contributed by atoms with Crippen LogP contribution >= 0.6 is 38.9 Å². The molecule has 108 valence electrons. The first-order valence-electron chi connectivity index (χ1n) is 6.47. The Kier molecular flexibility index (Phi) is 5.61. The number of rotatable bonds is 5. The molecule has 0 aliphatic heterocycles. The van der Waals surface area contributed by atoms with Gasteiger partial charge in [0.15, 0.2) is 0 Å². The summed E-state index contributed by atoms with van der Waals surface area (Å²) in [6.45, 7) is 5.01. The Balaban J connectivity index is 2.47. The first-order valence-corrected chi connectivity index (χ1v) is 8.46. The van der Waals surface area contributed by atoms with Crippen molar-refractivity contribution in [3.8, 4) is 0 Å². The smallest absolute Gasteiger partial charge is 0.142 e. The van der Waals surface area contributed by atoms with Gasteiger partial charge in [-0.2, -0.15) is 0 Å². The maximum atomic E-state index is 13.7. The van der Waals surface area contributed by atoms with Crippen molar-refractivity contribution in [2.75, 3.05) is 6.54 Å². The third-order valence-electron chi connectivity index (χ3n) is 2.99. The molecule has 5 heteroatoms. The van der Waals surface area contributed by atoms with Gasteiger partial charge in [0.25, 0.3) is 0 Å². The fourth-order valence-corrected chi connectivity index (χ4v) is 4.28. The zero-order valence-corrected chi connectivity index (χ0v) is 14.5. The van der Waals surface area contributed by atoms with E-state index in [4.69, 9.17) is 11.6 Å². The van der Waals surface area contributed by atoms with Gasteiger partial charge in [-0.25, -0.2) is 4.39 Å². The monoisotopic (exact) mass is 375 g/mol. The molecule has 1 aromatic carbocycles. The Bertz CT molecular complexity index is 600. The maximum absolute atomic E-state index is 13.7. The summed E-state index contributed by atoms with van der Waals surface area (Å²) in [4.78, 5) is 2.34. The SMILES string of the molecule is CCCNC(c1cccc(F)c1Cl)c1sc(C)cc1Br. The molecule has 2 aromatic rings. The van der Waals surface area contributed by atoms with Crippen molar-refractivity contribution in [2.45, 2.75) is 26.3 Å². The van der Waals surface area contributed by atoms with Gasteiger partial charge in [0.2, 0.25) is 0 Å². The summed E-state index contributed by atoms with van der Waals surface area (Å²) in [6, 6.07) is 6.95. The number of nitrogens with one attached hydrogen (secondary N) is 1. The minimum atomic E-state index is -0.378. The van der Waals surface area contributed by atoms with Crippen molar-refractivity contribution in [3.05, 3.63) is 54.9 Å². The van der Waals surface area contributed by atoms with E-state index >= 15 is 0 Å². The second kappa shape index (κ2) is 7.03. The van der Waals surface area contributed by atoms with Crippen molar-refractivity contribution in [3.63, 3.8) is 0 Å². The summed E-state index contributed by atoms with van der Waals surface area (Å²) in [5.74, 6) is -0.378. The molecule has 0 aliphatic carbocycles. The quantitative estimate of drug-likeness (QED) is 0.705. The standard InChI is InChI=1S/C15H16BrClFNS/c1-3-7-19-14(15-11(16)8-9(2)20-15)10-5-4-6-12(18)13(10)17/h4-6,8,14,19H,3,7H2,1-2H3. The molecule has 1 unspecified atom stereocenters. The summed E-state index contributed by atoms with van der Waals surface area (Å²) in [7, 11) is 0. The highest BCUT2D eigenvalue weighted by atomic mass is 79.9. The first-order chi connectivity index (χ1) is 9.54. The number of hydrogen-bond acceptors (Lipinski definition) is 2. The molecule has 1 aromatic heterocycles. The van der Waals surface area contributed by atoms with Crippen molar-refractivity contribution < 1.29 is 4.39 Å². The van der Waals surface area contributed by atoms with Crippen LogP contribution in [-0.2, 0) is 0 Å². The average molecular weight is 377 g/mol. The lowest BCUT2D eigenvalue weighted by atomic mass is 10.0. The molecule has 0 saturated carbocycles. The fourth-order valence-electron chi connectivity index (χ4n) is 2.07. The van der Waals surface area contributed by atoms with Crippen molar-refractivity contribution in [2.24, 2.45) is 0 Å². The van der Waals surface area contributed by atoms with E-state index in [1.54, 1.807) is 17.4 Å². The van der Waals surface area contributed by atoms with E-state index in [-0.39, 0.29) is 16.9 Å². The van der Waals surface area contributed by atoms with Gasteiger partial charge in [-0.1, -0.05) is 30.7 Å². The van der Waals surface area contributed by atoms with Crippen LogP contribution in [0.1, 0.15) is 34.7 Å². The van der Waals surface area contributed by atoms with Gasteiger partial charge in [0, 0.05) is 14.2 Å². The molecule has 20 heavy (non-hydrogen) atoms. The molecule has 1 atom stereocenters. The molecule has 0 aliphatic rings. The largest absolute Gasteiger partial charge is 0.306 e. The number of aryl methyl sites for hydroxylation is 1. The number of halogens is 3. The molecule has 0 saturated heterocycles. The third-order valence-corrected chi connectivity index (χ3v) is 5.42. The molecule has 1 heterocycles. The van der Waals surface area contributed by atoms with E-state index in [0.717, 1.165) is 27.9 Å². The molecule has 0 fully saturated rings. The van der Waals surface area contributed by atoms with Gasteiger partial charge < -0.3 is 5.32 Å². The molecule has 1 N–H and O–H groups in total. The summed E-state index contributed by atoms with van der Waals surface area (Å²) in [5.41, 5.74) is 0.780. The Hall–Kier alpha value is -0.420. The number of hydrogen-bond donors (Lipinski definition) is 1. The Morgan fingerprint density at radius 1 is 1.45 bits per heavy atom. The fraction of sp³-hybridized carbons (Fsp3) is 0.333. The van der Waals surface area contributed by atoms with E-state index in [1.807, 2.05) is 6.07 Å². The van der Waals surface area contributed by atoms with Gasteiger partial charge in [-0.15, -0.1) is 11.3 Å². The normalized spacial score (nSPS) is 12.7. The van der Waals surface area contributed by atoms with E-state index < -0.39 is 0 Å². The van der Waals surface area contributed by atoms with Crippen LogP contribution in [0.4, 0.5) is 4.39 Å². The van der Waals surface area contributed by atoms with Gasteiger partial charge in [0.1, 0.15) is 5.82 Å². The molecular formula is C15H16BrClFNS. The van der Waals surface area contributed by atoms with E-state index in [1.165, 1.54) is 10.9 Å². The van der Waals surface area contributed by atoms with Gasteiger partial charge >= 0.3 is 0 Å². The molecule has 1 nitrogen and oxygen atoms in total. The van der Waals surface area contributed by atoms with Crippen molar-refractivity contribution >= 4 is 38.9 Å². The van der Waals surface area contributed by atoms with Crippen LogP contribution in [0.25, 0.3) is 0 Å². The summed E-state index contributed by atoms with van der Waals surface area (Å²) in [6.07, 6.45) is 1.01. The molecule has 2 rings (SSSR count). The zero-order valence-electron chi connectivity index (χ0n) is 11.3. The summed E-state index contributed by atoms with van der Waals surface area (Å²) in [5, 5.41) is 3.65. The number of thiophene rings is 1. The van der Waals surface area contributed by atoms with E-state index in [0.29, 0.717) is 0 Å². The predicted molar refractivity (Wildman–Crippen MR) is 88.3 cm³/mol. The topological polar surface area (TPSA) is 12.0 Å². The van der Waals surface area contributed by atoms with Crippen LogP contribution < -0.4 is 5.32 Å². The minimum Gasteiger partial charge on any atom is -0.306 e. The van der Waals surface area contributed by atoms with E-state index in [9.17, 15) is 4.39 Å². The van der Waals surface area contributed by atoms with Gasteiger partial charge in [-0.3, -0.25) is 0 Å². The lowest BCUT2D eigenvalue weighted by molar-refractivity contribution is 0.590. The van der Waals surface area contributed by atoms with Crippen LogP contribution in [0.15, 0.2) is 28.7 Å². The molecule has 0 bridgehead atoms. The molecule has 0 amide bonds. The highest BCUT2D eigenvalue weighted by Crippen LogP contribution is 2.38. The highest BCUT2D eigenvalue weighted by molar-refractivity contribution is 9.10. The van der Waals surface area contributed by atoms with Crippen molar-refractivity contribution in [1.29, 1.82) is 0 Å². The highest BCUT2D eigenvalue weighted by Gasteiger charge is 2.22. The average Bonchev–Trinajstić information content (AvgIpc) is 2.74. The lowest BCUT2D eigenvalue weighted by Crippen LogP contribution is -2.23. The van der Waals surface area contributed by atoms with E-state index in [2.05, 4.69) is 41.2 Å². The maximum Gasteiger partial charge on any atom is 0.142 e. The van der Waals surface area contributed by atoms with Crippen LogP contribution in [0.5, 0.6) is 0 Å². The van der Waals surface area contributed by atoms with Gasteiger partial charge in [0.05, 0.1) is 11.1 Å². The molecular weight excluding hydrogens is 361 g/mol. The molecule has 0 spiro atoms. The second-order valence-electron chi connectivity index (χ2n) is 4.60. The minimum absolute atomic E-state index is 0.0915. The molecule has 0 radical (unpaired) electrons. The number of benzene rings is 1. The third kappa shape index (κ3) is 3.42. The summed E-state index contributed by atoms with van der Waals surface area (Å²) >= 11 is 11.4. The Morgan fingerprint density at radius 2 is 2.20 bits per heavy atom. The van der Waals surface area contributed by atoms with Crippen LogP contribution in [0, 0.1) is 12.7 Å². The first kappa shape index (κ1) is 16.0. The van der Waals surface area contributed by atoms with Crippen LogP contribution in [0.2, 0.25) is 5.02 Å². The Morgan fingerprint density at radius 3 is 2.80 bits per heavy atom. The zero-order chi connectivity index (χ0) is 14.7. The second-order valence-corrected chi connectivity index (χ2v) is 7.12. The van der Waals surface area contributed by atoms with Crippen LogP contribution in [-0.4, -0.2) is 6.54 Å². The van der Waals surface area contributed by atoms with Gasteiger partial charge in [-0.05, 0) is 53.5 Å². The Labute approximate surface area is 136 Å². The van der Waals surface area contributed by atoms with Crippen LogP contribution in [0.3, 0.4) is 0 Å². The lowest BCUT2D eigenvalue weighted by Gasteiger charge is -2.20. The predicted octanol–water partition coefficient (Wildman–Crippen LogP) is 5.70.